The predicted octanol–water partition coefficient (Wildman–Crippen LogP) is 3.74. The number of benzene rings is 2. The number of nitrogens with one attached hydrogen (secondary N) is 2. The number of esters is 1. The number of carbonyl (C=O) groups excluding carboxylic acids is 4. The summed E-state index contributed by atoms with van der Waals surface area (Å²) in [5, 5.41) is 17.7. The quantitative estimate of drug-likeness (QED) is 0.206. The number of amides is 3. The fourth-order valence-corrected chi connectivity index (χ4v) is 9.55. The molecule has 53 heavy (non-hydrogen) atoms. The van der Waals surface area contributed by atoms with Crippen LogP contribution in [0.3, 0.4) is 0 Å². The molecule has 0 unspecified atom stereocenters. The van der Waals surface area contributed by atoms with Crippen LogP contribution in [0.2, 0.25) is 0 Å². The van der Waals surface area contributed by atoms with Crippen LogP contribution in [-0.4, -0.2) is 86.7 Å². The molecule has 3 heterocycles. The zero-order valence-corrected chi connectivity index (χ0v) is 30.4. The van der Waals surface area contributed by atoms with Gasteiger partial charge in [0, 0.05) is 24.4 Å². The van der Waals surface area contributed by atoms with Crippen molar-refractivity contribution in [3.63, 3.8) is 0 Å². The van der Waals surface area contributed by atoms with Crippen molar-refractivity contribution >= 4 is 44.5 Å². The minimum atomic E-state index is -3.88. The van der Waals surface area contributed by atoms with Crippen molar-refractivity contribution in [2.45, 2.75) is 112 Å². The molecule has 14 nitrogen and oxygen atoms in total. The highest BCUT2D eigenvalue weighted by atomic mass is 32.2. The van der Waals surface area contributed by atoms with Crippen LogP contribution in [0.1, 0.15) is 89.5 Å². The Kier molecular flexibility index (Phi) is 9.54. The zero-order valence-electron chi connectivity index (χ0n) is 29.6. The van der Waals surface area contributed by atoms with Gasteiger partial charge in [-0.15, -0.1) is 10.2 Å². The summed E-state index contributed by atoms with van der Waals surface area (Å²) >= 11 is 0. The molecule has 5 aliphatic rings. The van der Waals surface area contributed by atoms with Crippen LogP contribution in [0.15, 0.2) is 54.6 Å². The number of hydrogen-bond acceptors (Lipinski definition) is 10. The average molecular weight is 744 g/mol. The van der Waals surface area contributed by atoms with Gasteiger partial charge < -0.3 is 15.0 Å². The number of carbonyl (C=O) groups is 4. The molecule has 2 aromatic carbocycles. The Hall–Kier alpha value is -4.66. The van der Waals surface area contributed by atoms with E-state index < -0.39 is 68.4 Å². The van der Waals surface area contributed by atoms with Gasteiger partial charge in [-0.1, -0.05) is 67.5 Å². The van der Waals surface area contributed by atoms with E-state index in [1.807, 2.05) is 54.6 Å². The van der Waals surface area contributed by atoms with E-state index in [1.54, 1.807) is 0 Å². The number of fused-ring (bicyclic) bond motifs is 3. The van der Waals surface area contributed by atoms with Gasteiger partial charge in [-0.2, -0.15) is 4.80 Å². The fourth-order valence-electron chi connectivity index (χ4n) is 8.19. The first-order valence-electron chi connectivity index (χ1n) is 19.0. The largest absolute Gasteiger partial charge is 0.462 e. The molecule has 3 saturated carbocycles. The molecule has 3 amide bonds. The second kappa shape index (κ2) is 14.3. The average Bonchev–Trinajstić information content (AvgIpc) is 3.90. The van der Waals surface area contributed by atoms with E-state index in [1.165, 1.54) is 9.70 Å². The molecule has 5 atom stereocenters. The van der Waals surface area contributed by atoms with Crippen LogP contribution in [0.5, 0.6) is 0 Å². The third-order valence-corrected chi connectivity index (χ3v) is 13.3. The van der Waals surface area contributed by atoms with Crippen molar-refractivity contribution in [2.24, 2.45) is 11.8 Å². The van der Waals surface area contributed by atoms with Gasteiger partial charge in [0.1, 0.15) is 23.6 Å². The Morgan fingerprint density at radius 3 is 2.53 bits per heavy atom. The van der Waals surface area contributed by atoms with E-state index in [-0.39, 0.29) is 31.9 Å². The van der Waals surface area contributed by atoms with Crippen LogP contribution in [0.25, 0.3) is 22.2 Å². The van der Waals surface area contributed by atoms with Crippen molar-refractivity contribution in [1.29, 1.82) is 0 Å². The van der Waals surface area contributed by atoms with Gasteiger partial charge in [0.15, 0.2) is 0 Å². The second-order valence-corrected chi connectivity index (χ2v) is 17.2. The van der Waals surface area contributed by atoms with E-state index in [9.17, 15) is 27.6 Å². The van der Waals surface area contributed by atoms with Crippen LogP contribution in [-0.2, 0) is 33.9 Å². The lowest BCUT2D eigenvalue weighted by Crippen LogP contribution is -2.57. The maximum Gasteiger partial charge on any atom is 0.318 e. The van der Waals surface area contributed by atoms with E-state index in [4.69, 9.17) is 9.84 Å². The third kappa shape index (κ3) is 7.19. The number of hydrogen-bond donors (Lipinski definition) is 2. The molecule has 2 N–H and O–H groups in total. The highest BCUT2D eigenvalue weighted by molar-refractivity contribution is 7.91. The van der Waals surface area contributed by atoms with Crippen molar-refractivity contribution in [3.8, 4) is 11.4 Å². The smallest absolute Gasteiger partial charge is 0.318 e. The van der Waals surface area contributed by atoms with Gasteiger partial charge in [-0.3, -0.25) is 23.9 Å². The monoisotopic (exact) mass is 743 g/mol. The molecule has 4 fully saturated rings. The van der Waals surface area contributed by atoms with Crippen LogP contribution in [0.4, 0.5) is 0 Å². The second-order valence-electron chi connectivity index (χ2n) is 15.3. The SMILES string of the molecule is O=C(OC1CCCC1)[C@H]1CCCCC/C=C\[C@H]2C[C@@]2(C(=O)NS(=O)(=O)C2CC2)NC(=O)[C@@H]2C[C@@H](n3nnc(-c4cccc5ccccc45)n3)CN2C1=O. The first-order chi connectivity index (χ1) is 25.6. The normalized spacial score (nSPS) is 29.0. The van der Waals surface area contributed by atoms with E-state index in [0.717, 1.165) is 54.9 Å². The van der Waals surface area contributed by atoms with Gasteiger partial charge in [0.2, 0.25) is 27.7 Å². The minimum Gasteiger partial charge on any atom is -0.462 e. The van der Waals surface area contributed by atoms with E-state index in [0.29, 0.717) is 31.5 Å². The molecule has 280 valence electrons. The topological polar surface area (TPSA) is 183 Å². The molecule has 2 aliphatic heterocycles. The summed E-state index contributed by atoms with van der Waals surface area (Å²) in [5.41, 5.74) is -0.705. The predicted molar refractivity (Wildman–Crippen MR) is 193 cm³/mol. The van der Waals surface area contributed by atoms with Gasteiger partial charge in [-0.05, 0) is 80.2 Å². The molecule has 1 aromatic heterocycles. The summed E-state index contributed by atoms with van der Waals surface area (Å²) in [4.78, 5) is 59.2. The van der Waals surface area contributed by atoms with Gasteiger partial charge in [0.25, 0.3) is 5.91 Å². The number of sulfonamides is 1. The molecule has 3 aliphatic carbocycles. The molecule has 15 heteroatoms. The lowest BCUT2D eigenvalue weighted by molar-refractivity contribution is -0.161. The fraction of sp³-hybridized carbons (Fsp3) is 0.553. The zero-order chi connectivity index (χ0) is 36.7. The molecular formula is C38H45N7O7S. The van der Waals surface area contributed by atoms with Crippen LogP contribution < -0.4 is 10.0 Å². The van der Waals surface area contributed by atoms with E-state index >= 15 is 0 Å². The summed E-state index contributed by atoms with van der Waals surface area (Å²) in [5.74, 6) is -3.60. The van der Waals surface area contributed by atoms with Crippen molar-refractivity contribution in [2.75, 3.05) is 6.54 Å². The van der Waals surface area contributed by atoms with E-state index in [2.05, 4.69) is 20.4 Å². The minimum absolute atomic E-state index is 0.0219. The highest BCUT2D eigenvalue weighted by Crippen LogP contribution is 2.46. The first kappa shape index (κ1) is 35.4. The van der Waals surface area contributed by atoms with Gasteiger partial charge in [0.05, 0.1) is 11.3 Å². The Balaban J connectivity index is 1.11. The third-order valence-electron chi connectivity index (χ3n) is 11.5. The Labute approximate surface area is 308 Å². The number of rotatable bonds is 7. The Bertz CT molecular complexity index is 2050. The number of tetrazole rings is 1. The summed E-state index contributed by atoms with van der Waals surface area (Å²) in [6.45, 7) is 0.0219. The van der Waals surface area contributed by atoms with Crippen molar-refractivity contribution < 1.29 is 32.3 Å². The maximum atomic E-state index is 14.6. The van der Waals surface area contributed by atoms with Crippen molar-refractivity contribution in [1.82, 2.24) is 35.1 Å². The summed E-state index contributed by atoms with van der Waals surface area (Å²) in [7, 11) is -3.88. The van der Waals surface area contributed by atoms with Crippen LogP contribution >= 0.6 is 0 Å². The van der Waals surface area contributed by atoms with Crippen LogP contribution in [0, 0.1) is 11.8 Å². The first-order valence-corrected chi connectivity index (χ1v) is 20.5. The molecule has 0 radical (unpaired) electrons. The lowest BCUT2D eigenvalue weighted by atomic mass is 9.98. The number of aromatic nitrogens is 4. The summed E-state index contributed by atoms with van der Waals surface area (Å²) in [6, 6.07) is 12.0. The van der Waals surface area contributed by atoms with Gasteiger partial charge in [-0.25, -0.2) is 8.42 Å². The highest BCUT2D eigenvalue weighted by Gasteiger charge is 2.62. The molecule has 1 saturated heterocycles. The van der Waals surface area contributed by atoms with Gasteiger partial charge >= 0.3 is 5.97 Å². The van der Waals surface area contributed by atoms with Crippen molar-refractivity contribution in [3.05, 3.63) is 54.6 Å². The standard InChI is InChI=1S/C38H45N7O7S/c46-34-32-21-26(45-41-33(40-43-45)30-18-10-12-24-11-6-9-16-29(24)30)23-44(32)35(47)31(36(48)52-27-14-7-8-15-27)17-5-3-1-2-4-13-25-22-38(25,39-34)37(49)42-53(50,51)28-19-20-28/h4,6,9-13,16,18,25-28,31-32H,1-3,5,7-8,14-15,17,19-23H2,(H,39,46)(H,42,49)/b13-4-/t25-,26+,31-,32-,38+/m0/s1. The molecule has 3 aromatic rings. The number of ether oxygens (including phenoxy) is 1. The lowest BCUT2D eigenvalue weighted by Gasteiger charge is -2.29. The maximum absolute atomic E-state index is 14.6. The molecular weight excluding hydrogens is 699 g/mol. The molecule has 0 bridgehead atoms. The molecule has 0 spiro atoms. The molecule has 8 rings (SSSR count). The Morgan fingerprint density at radius 2 is 1.72 bits per heavy atom. The number of allylic oxidation sites excluding steroid dienone is 1. The number of nitrogens with zero attached hydrogens (tertiary/aromatic N) is 5. The Morgan fingerprint density at radius 1 is 0.943 bits per heavy atom. The summed E-state index contributed by atoms with van der Waals surface area (Å²) in [6.07, 6.45) is 11.5. The summed E-state index contributed by atoms with van der Waals surface area (Å²) < 4.78 is 33.8.